The third-order valence-corrected chi connectivity index (χ3v) is 8.16. The van der Waals surface area contributed by atoms with Gasteiger partial charge in [-0.05, 0) is 81.6 Å². The van der Waals surface area contributed by atoms with E-state index < -0.39 is 28.5 Å². The normalized spacial score (nSPS) is 12.2. The molecule has 0 fully saturated rings. The van der Waals surface area contributed by atoms with E-state index in [9.17, 15) is 18.0 Å². The molecule has 0 heterocycles. The molecular weight excluding hydrogens is 522 g/mol. The summed E-state index contributed by atoms with van der Waals surface area (Å²) in [5.74, 6) is -0.876. The Balaban J connectivity index is 2.07. The average Bonchev–Trinajstić information content (AvgIpc) is 2.85. The van der Waals surface area contributed by atoms with Gasteiger partial charge >= 0.3 is 0 Å². The van der Waals surface area contributed by atoms with Gasteiger partial charge in [0.05, 0.1) is 10.6 Å². The molecule has 3 aromatic carbocycles. The molecule has 0 saturated carbocycles. The van der Waals surface area contributed by atoms with Gasteiger partial charge < -0.3 is 10.2 Å². The zero-order valence-corrected chi connectivity index (χ0v) is 23.9. The summed E-state index contributed by atoms with van der Waals surface area (Å²) in [6.07, 6.45) is 0. The van der Waals surface area contributed by atoms with Crippen LogP contribution in [-0.2, 0) is 26.2 Å². The molecule has 1 atom stereocenters. The van der Waals surface area contributed by atoms with Crippen LogP contribution >= 0.6 is 11.6 Å². The first kappa shape index (κ1) is 29.2. The number of hydrogen-bond acceptors (Lipinski definition) is 4. The van der Waals surface area contributed by atoms with Crippen LogP contribution in [0.2, 0.25) is 5.02 Å². The first-order valence-corrected chi connectivity index (χ1v) is 14.2. The largest absolute Gasteiger partial charge is 0.352 e. The van der Waals surface area contributed by atoms with E-state index in [4.69, 9.17) is 11.6 Å². The van der Waals surface area contributed by atoms with Crippen molar-refractivity contribution in [3.63, 3.8) is 0 Å². The topological polar surface area (TPSA) is 86.8 Å². The van der Waals surface area contributed by atoms with E-state index in [1.54, 1.807) is 61.5 Å². The molecule has 0 spiro atoms. The van der Waals surface area contributed by atoms with Crippen LogP contribution in [0.15, 0.2) is 77.7 Å². The Kier molecular flexibility index (Phi) is 9.57. The van der Waals surface area contributed by atoms with Crippen LogP contribution in [0, 0.1) is 13.8 Å². The number of anilines is 1. The molecule has 0 radical (unpaired) electrons. The number of rotatable bonds is 10. The predicted octanol–water partition coefficient (Wildman–Crippen LogP) is 5.09. The number of sulfonamides is 1. The van der Waals surface area contributed by atoms with Crippen LogP contribution in [0.3, 0.4) is 0 Å². The van der Waals surface area contributed by atoms with E-state index >= 15 is 0 Å². The SMILES string of the molecule is Cc1cc(C)cc(N(CC(=O)N(Cc2ccccc2Cl)[C@@H](C)C(=O)NC(C)C)S(=O)(=O)c2ccccc2)c1. The van der Waals surface area contributed by atoms with E-state index in [-0.39, 0.29) is 23.4 Å². The molecule has 0 aromatic heterocycles. The zero-order valence-electron chi connectivity index (χ0n) is 22.3. The van der Waals surface area contributed by atoms with Crippen molar-refractivity contribution in [2.24, 2.45) is 0 Å². The molecule has 3 aromatic rings. The number of benzene rings is 3. The maximum Gasteiger partial charge on any atom is 0.264 e. The van der Waals surface area contributed by atoms with Crippen molar-refractivity contribution in [2.45, 2.75) is 58.1 Å². The van der Waals surface area contributed by atoms with E-state index in [0.717, 1.165) is 15.4 Å². The highest BCUT2D eigenvalue weighted by Gasteiger charge is 2.33. The van der Waals surface area contributed by atoms with Gasteiger partial charge in [-0.2, -0.15) is 0 Å². The molecule has 7 nitrogen and oxygen atoms in total. The Morgan fingerprint density at radius 3 is 2.05 bits per heavy atom. The van der Waals surface area contributed by atoms with Gasteiger partial charge in [0.1, 0.15) is 12.6 Å². The molecular formula is C29H34ClN3O4S. The van der Waals surface area contributed by atoms with Crippen LogP contribution in [0.25, 0.3) is 0 Å². The predicted molar refractivity (Wildman–Crippen MR) is 152 cm³/mol. The minimum atomic E-state index is -4.10. The van der Waals surface area contributed by atoms with Crippen molar-refractivity contribution in [1.82, 2.24) is 10.2 Å². The van der Waals surface area contributed by atoms with Crippen molar-refractivity contribution < 1.29 is 18.0 Å². The minimum absolute atomic E-state index is 0.0389. The molecule has 202 valence electrons. The van der Waals surface area contributed by atoms with Crippen molar-refractivity contribution in [1.29, 1.82) is 0 Å². The van der Waals surface area contributed by atoms with Gasteiger partial charge in [0.2, 0.25) is 11.8 Å². The summed E-state index contributed by atoms with van der Waals surface area (Å²) in [5.41, 5.74) is 2.74. The molecule has 0 aliphatic rings. The molecule has 0 bridgehead atoms. The zero-order chi connectivity index (χ0) is 28.0. The number of nitrogens with zero attached hydrogens (tertiary/aromatic N) is 2. The van der Waals surface area contributed by atoms with Gasteiger partial charge in [-0.3, -0.25) is 13.9 Å². The second-order valence-corrected chi connectivity index (χ2v) is 11.9. The molecule has 2 amide bonds. The highest BCUT2D eigenvalue weighted by Crippen LogP contribution is 2.27. The summed E-state index contributed by atoms with van der Waals surface area (Å²) in [7, 11) is -4.10. The van der Waals surface area contributed by atoms with Crippen LogP contribution in [0.5, 0.6) is 0 Å². The lowest BCUT2D eigenvalue weighted by molar-refractivity contribution is -0.139. The second kappa shape index (κ2) is 12.5. The lowest BCUT2D eigenvalue weighted by Gasteiger charge is -2.32. The lowest BCUT2D eigenvalue weighted by Crippen LogP contribution is -2.52. The van der Waals surface area contributed by atoms with E-state index in [0.29, 0.717) is 16.3 Å². The lowest BCUT2D eigenvalue weighted by atomic mass is 10.1. The summed E-state index contributed by atoms with van der Waals surface area (Å²) in [6, 6.07) is 19.4. The fourth-order valence-corrected chi connectivity index (χ4v) is 5.76. The number of carbonyl (C=O) groups excluding carboxylic acids is 2. The fourth-order valence-electron chi connectivity index (χ4n) is 4.14. The Morgan fingerprint density at radius 1 is 0.895 bits per heavy atom. The van der Waals surface area contributed by atoms with Gasteiger partial charge in [-0.15, -0.1) is 0 Å². The third-order valence-electron chi connectivity index (χ3n) is 6.00. The number of hydrogen-bond donors (Lipinski definition) is 1. The first-order valence-electron chi connectivity index (χ1n) is 12.4. The van der Waals surface area contributed by atoms with Gasteiger partial charge in [0.15, 0.2) is 0 Å². The van der Waals surface area contributed by atoms with E-state index in [1.807, 2.05) is 33.8 Å². The molecule has 0 aliphatic carbocycles. The fraction of sp³-hybridized carbons (Fsp3) is 0.310. The molecule has 1 N–H and O–H groups in total. The van der Waals surface area contributed by atoms with Gasteiger partial charge in [-0.25, -0.2) is 8.42 Å². The van der Waals surface area contributed by atoms with Crippen LogP contribution in [0.1, 0.15) is 37.5 Å². The number of amides is 2. The highest BCUT2D eigenvalue weighted by molar-refractivity contribution is 7.92. The van der Waals surface area contributed by atoms with Crippen LogP contribution in [-0.4, -0.2) is 43.8 Å². The van der Waals surface area contributed by atoms with Crippen molar-refractivity contribution in [3.8, 4) is 0 Å². The number of halogens is 1. The number of nitrogens with one attached hydrogen (secondary N) is 1. The molecule has 0 unspecified atom stereocenters. The standard InChI is InChI=1S/C29H34ClN3O4S/c1-20(2)31-29(35)23(5)32(18-24-11-9-10-14-27(24)30)28(34)19-33(25-16-21(3)15-22(4)17-25)38(36,37)26-12-7-6-8-13-26/h6-17,20,23H,18-19H2,1-5H3,(H,31,35)/t23-/m0/s1. The quantitative estimate of drug-likeness (QED) is 0.377. The smallest absolute Gasteiger partial charge is 0.264 e. The molecule has 0 aliphatic heterocycles. The van der Waals surface area contributed by atoms with Crippen molar-refractivity contribution in [3.05, 3.63) is 94.5 Å². The summed E-state index contributed by atoms with van der Waals surface area (Å²) < 4.78 is 28.8. The maximum absolute atomic E-state index is 13.9. The summed E-state index contributed by atoms with van der Waals surface area (Å²) in [6.45, 7) is 8.57. The van der Waals surface area contributed by atoms with E-state index in [2.05, 4.69) is 5.32 Å². The third kappa shape index (κ3) is 7.14. The molecule has 0 saturated heterocycles. The minimum Gasteiger partial charge on any atom is -0.352 e. The molecule has 9 heteroatoms. The summed E-state index contributed by atoms with van der Waals surface area (Å²) in [5, 5.41) is 3.29. The van der Waals surface area contributed by atoms with Gasteiger partial charge in [-0.1, -0.05) is 54.1 Å². The Morgan fingerprint density at radius 2 is 1.47 bits per heavy atom. The Hall–Kier alpha value is -3.36. The average molecular weight is 556 g/mol. The monoisotopic (exact) mass is 555 g/mol. The summed E-state index contributed by atoms with van der Waals surface area (Å²) >= 11 is 6.39. The second-order valence-electron chi connectivity index (χ2n) is 9.62. The first-order chi connectivity index (χ1) is 17.9. The van der Waals surface area contributed by atoms with Gasteiger partial charge in [0, 0.05) is 17.6 Å². The van der Waals surface area contributed by atoms with Crippen LogP contribution in [0.4, 0.5) is 5.69 Å². The van der Waals surface area contributed by atoms with Crippen molar-refractivity contribution >= 4 is 39.1 Å². The van der Waals surface area contributed by atoms with Gasteiger partial charge in [0.25, 0.3) is 10.0 Å². The number of carbonyl (C=O) groups is 2. The Labute approximate surface area is 230 Å². The van der Waals surface area contributed by atoms with E-state index in [1.165, 1.54) is 17.0 Å². The maximum atomic E-state index is 13.9. The number of aryl methyl sites for hydroxylation is 2. The molecule has 38 heavy (non-hydrogen) atoms. The molecule has 3 rings (SSSR count). The van der Waals surface area contributed by atoms with Crippen LogP contribution < -0.4 is 9.62 Å². The van der Waals surface area contributed by atoms with Crippen molar-refractivity contribution in [2.75, 3.05) is 10.8 Å². The highest BCUT2D eigenvalue weighted by atomic mass is 35.5. The summed E-state index contributed by atoms with van der Waals surface area (Å²) in [4.78, 5) is 28.3. The Bertz CT molecular complexity index is 1370.